The van der Waals surface area contributed by atoms with E-state index in [1.54, 1.807) is 19.1 Å². The maximum atomic E-state index is 12.2. The maximum Gasteiger partial charge on any atom is 0.255 e. The fourth-order valence-corrected chi connectivity index (χ4v) is 2.92. The largest absolute Gasteiger partial charge is 0.322 e. The van der Waals surface area contributed by atoms with E-state index in [1.165, 1.54) is 0 Å². The normalized spacial score (nSPS) is 13.5. The van der Waals surface area contributed by atoms with Gasteiger partial charge in [0.1, 0.15) is 0 Å². The molecule has 4 nitrogen and oxygen atoms in total. The molecule has 1 aliphatic carbocycles. The van der Waals surface area contributed by atoms with Crippen LogP contribution < -0.4 is 10.2 Å². The number of halogens is 1. The minimum atomic E-state index is -0.162. The SMILES string of the molecule is CC(=O)N(c1ccc(NC(=O)c2cccc(Br)c2)cc1)C1CC1. The Labute approximate surface area is 143 Å². The number of anilines is 2. The third-order valence-electron chi connectivity index (χ3n) is 3.74. The summed E-state index contributed by atoms with van der Waals surface area (Å²) < 4.78 is 0.863. The molecule has 3 rings (SSSR count). The van der Waals surface area contributed by atoms with Crippen molar-refractivity contribution in [3.05, 3.63) is 58.6 Å². The molecule has 0 spiro atoms. The lowest BCUT2D eigenvalue weighted by molar-refractivity contribution is -0.116. The second-order valence-electron chi connectivity index (χ2n) is 5.63. The zero-order chi connectivity index (χ0) is 16.4. The van der Waals surface area contributed by atoms with E-state index in [2.05, 4.69) is 21.2 Å². The Balaban J connectivity index is 1.72. The highest BCUT2D eigenvalue weighted by atomic mass is 79.9. The van der Waals surface area contributed by atoms with Crippen LogP contribution in [0.25, 0.3) is 0 Å². The van der Waals surface area contributed by atoms with E-state index in [0.29, 0.717) is 17.3 Å². The Hall–Kier alpha value is -2.14. The first-order valence-electron chi connectivity index (χ1n) is 7.51. The van der Waals surface area contributed by atoms with Gasteiger partial charge >= 0.3 is 0 Å². The van der Waals surface area contributed by atoms with Crippen molar-refractivity contribution in [3.8, 4) is 0 Å². The number of benzene rings is 2. The summed E-state index contributed by atoms with van der Waals surface area (Å²) in [6.45, 7) is 1.58. The molecule has 1 fully saturated rings. The molecule has 0 saturated heterocycles. The van der Waals surface area contributed by atoms with Gasteiger partial charge in [-0.25, -0.2) is 0 Å². The van der Waals surface area contributed by atoms with Gasteiger partial charge < -0.3 is 10.2 Å². The standard InChI is InChI=1S/C18H17BrN2O2/c1-12(22)21(17-9-10-17)16-7-5-15(6-8-16)20-18(23)13-3-2-4-14(19)11-13/h2-8,11,17H,9-10H2,1H3,(H,20,23). The molecular formula is C18H17BrN2O2. The summed E-state index contributed by atoms with van der Waals surface area (Å²) in [5.41, 5.74) is 2.17. The molecule has 2 aromatic carbocycles. The first-order valence-corrected chi connectivity index (χ1v) is 8.30. The summed E-state index contributed by atoms with van der Waals surface area (Å²) in [6, 6.07) is 14.9. The lowest BCUT2D eigenvalue weighted by atomic mass is 10.2. The van der Waals surface area contributed by atoms with Crippen LogP contribution in [-0.4, -0.2) is 17.9 Å². The highest BCUT2D eigenvalue weighted by Gasteiger charge is 2.31. The van der Waals surface area contributed by atoms with Crippen LogP contribution >= 0.6 is 15.9 Å². The van der Waals surface area contributed by atoms with Crippen LogP contribution in [-0.2, 0) is 4.79 Å². The van der Waals surface area contributed by atoms with E-state index >= 15 is 0 Å². The number of amides is 2. The molecule has 0 bridgehead atoms. The van der Waals surface area contributed by atoms with Crippen molar-refractivity contribution in [1.82, 2.24) is 0 Å². The van der Waals surface area contributed by atoms with Crippen LogP contribution in [0.2, 0.25) is 0 Å². The lowest BCUT2D eigenvalue weighted by Gasteiger charge is -2.21. The fraction of sp³-hybridized carbons (Fsp3) is 0.222. The molecule has 2 aromatic rings. The second-order valence-corrected chi connectivity index (χ2v) is 6.55. The van der Waals surface area contributed by atoms with E-state index in [4.69, 9.17) is 0 Å². The number of nitrogens with zero attached hydrogens (tertiary/aromatic N) is 1. The molecule has 0 heterocycles. The number of carbonyl (C=O) groups excluding carboxylic acids is 2. The highest BCUT2D eigenvalue weighted by Crippen LogP contribution is 2.32. The summed E-state index contributed by atoms with van der Waals surface area (Å²) in [5, 5.41) is 2.86. The molecule has 5 heteroatoms. The van der Waals surface area contributed by atoms with Gasteiger partial charge in [-0.15, -0.1) is 0 Å². The Morgan fingerprint density at radius 1 is 1.13 bits per heavy atom. The van der Waals surface area contributed by atoms with E-state index in [1.807, 2.05) is 41.3 Å². The third-order valence-corrected chi connectivity index (χ3v) is 4.23. The quantitative estimate of drug-likeness (QED) is 0.873. The molecule has 0 unspecified atom stereocenters. The van der Waals surface area contributed by atoms with Gasteiger partial charge in [0.05, 0.1) is 0 Å². The topological polar surface area (TPSA) is 49.4 Å². The molecule has 0 radical (unpaired) electrons. The van der Waals surface area contributed by atoms with Gasteiger partial charge in [-0.05, 0) is 55.3 Å². The van der Waals surface area contributed by atoms with Gasteiger partial charge in [0, 0.05) is 34.4 Å². The van der Waals surface area contributed by atoms with Crippen LogP contribution in [0, 0.1) is 0 Å². The fourth-order valence-electron chi connectivity index (χ4n) is 2.52. The van der Waals surface area contributed by atoms with E-state index < -0.39 is 0 Å². The monoisotopic (exact) mass is 372 g/mol. The summed E-state index contributed by atoms with van der Waals surface area (Å²) in [4.78, 5) is 25.8. The molecule has 23 heavy (non-hydrogen) atoms. The third kappa shape index (κ3) is 3.79. The average molecular weight is 373 g/mol. The van der Waals surface area contributed by atoms with Crippen LogP contribution in [0.4, 0.5) is 11.4 Å². The Morgan fingerprint density at radius 2 is 1.83 bits per heavy atom. The van der Waals surface area contributed by atoms with E-state index in [0.717, 1.165) is 23.0 Å². The molecule has 0 atom stereocenters. The second kappa shape index (κ2) is 6.54. The van der Waals surface area contributed by atoms with Gasteiger partial charge in [0.15, 0.2) is 0 Å². The van der Waals surface area contributed by atoms with Crippen LogP contribution in [0.1, 0.15) is 30.1 Å². The molecule has 0 aliphatic heterocycles. The van der Waals surface area contributed by atoms with Crippen LogP contribution in [0.15, 0.2) is 53.0 Å². The highest BCUT2D eigenvalue weighted by molar-refractivity contribution is 9.10. The molecule has 118 valence electrons. The van der Waals surface area contributed by atoms with Gasteiger partial charge in [-0.2, -0.15) is 0 Å². The zero-order valence-electron chi connectivity index (χ0n) is 12.8. The predicted molar refractivity (Wildman–Crippen MR) is 94.7 cm³/mol. The summed E-state index contributed by atoms with van der Waals surface area (Å²) >= 11 is 3.36. The molecule has 1 saturated carbocycles. The number of hydrogen-bond donors (Lipinski definition) is 1. The summed E-state index contributed by atoms with van der Waals surface area (Å²) in [6.07, 6.45) is 2.11. The van der Waals surface area contributed by atoms with Crippen molar-refractivity contribution >= 4 is 39.1 Å². The van der Waals surface area contributed by atoms with Crippen molar-refractivity contribution in [1.29, 1.82) is 0 Å². The first-order chi connectivity index (χ1) is 11.0. The lowest BCUT2D eigenvalue weighted by Crippen LogP contribution is -2.30. The van der Waals surface area contributed by atoms with Gasteiger partial charge in [0.25, 0.3) is 5.91 Å². The van der Waals surface area contributed by atoms with Crippen LogP contribution in [0.5, 0.6) is 0 Å². The van der Waals surface area contributed by atoms with Gasteiger partial charge in [-0.3, -0.25) is 9.59 Å². The van der Waals surface area contributed by atoms with Crippen molar-refractivity contribution in [2.45, 2.75) is 25.8 Å². The number of carbonyl (C=O) groups is 2. The van der Waals surface area contributed by atoms with Gasteiger partial charge in [-0.1, -0.05) is 22.0 Å². The number of hydrogen-bond acceptors (Lipinski definition) is 2. The van der Waals surface area contributed by atoms with Crippen molar-refractivity contribution in [2.24, 2.45) is 0 Å². The summed E-state index contributed by atoms with van der Waals surface area (Å²) in [5.74, 6) is -0.108. The van der Waals surface area contributed by atoms with E-state index in [-0.39, 0.29) is 11.8 Å². The van der Waals surface area contributed by atoms with Crippen molar-refractivity contribution < 1.29 is 9.59 Å². The zero-order valence-corrected chi connectivity index (χ0v) is 14.3. The predicted octanol–water partition coefficient (Wildman–Crippen LogP) is 4.22. The number of rotatable bonds is 4. The molecular weight excluding hydrogens is 356 g/mol. The molecule has 1 N–H and O–H groups in total. The smallest absolute Gasteiger partial charge is 0.255 e. The first kappa shape index (κ1) is 15.7. The van der Waals surface area contributed by atoms with Crippen LogP contribution in [0.3, 0.4) is 0 Å². The minimum Gasteiger partial charge on any atom is -0.322 e. The molecule has 1 aliphatic rings. The minimum absolute atomic E-state index is 0.0541. The van der Waals surface area contributed by atoms with Crippen molar-refractivity contribution in [3.63, 3.8) is 0 Å². The molecule has 0 aromatic heterocycles. The average Bonchev–Trinajstić information content (AvgIpc) is 3.33. The molecule has 2 amide bonds. The Kier molecular flexibility index (Phi) is 4.48. The Bertz CT molecular complexity index is 739. The van der Waals surface area contributed by atoms with E-state index in [9.17, 15) is 9.59 Å². The number of nitrogens with one attached hydrogen (secondary N) is 1. The maximum absolute atomic E-state index is 12.2. The Morgan fingerprint density at radius 3 is 2.39 bits per heavy atom. The van der Waals surface area contributed by atoms with Gasteiger partial charge in [0.2, 0.25) is 5.91 Å². The summed E-state index contributed by atoms with van der Waals surface area (Å²) in [7, 11) is 0. The van der Waals surface area contributed by atoms with Crippen molar-refractivity contribution in [2.75, 3.05) is 10.2 Å².